The van der Waals surface area contributed by atoms with E-state index in [-0.39, 0.29) is 6.42 Å². The molecule has 0 radical (unpaired) electrons. The summed E-state index contributed by atoms with van der Waals surface area (Å²) in [4.78, 5) is 22.9. The molecule has 1 fully saturated rings. The number of rotatable bonds is 5. The van der Waals surface area contributed by atoms with Crippen molar-refractivity contribution in [1.82, 2.24) is 5.32 Å². The second kappa shape index (κ2) is 5.90. The minimum atomic E-state index is -3.47. The van der Waals surface area contributed by atoms with E-state index in [9.17, 15) is 18.0 Å². The predicted octanol–water partition coefficient (Wildman–Crippen LogP) is 0.713. The maximum Gasteiger partial charge on any atom is 0.305 e. The van der Waals surface area contributed by atoms with E-state index in [1.54, 1.807) is 0 Å². The zero-order valence-electron chi connectivity index (χ0n) is 11.3. The van der Waals surface area contributed by atoms with Gasteiger partial charge in [-0.3, -0.25) is 9.59 Å². The van der Waals surface area contributed by atoms with Gasteiger partial charge in [-0.15, -0.1) is 0 Å². The Balaban J connectivity index is 2.83. The Morgan fingerprint density at radius 2 is 1.79 bits per heavy atom. The fraction of sp³-hybridized carbons (Fsp3) is 0.833. The molecule has 110 valence electrons. The van der Waals surface area contributed by atoms with Crippen LogP contribution in [0.3, 0.4) is 0 Å². The number of hydrogen-bond donors (Lipinski definition) is 2. The van der Waals surface area contributed by atoms with Crippen LogP contribution in [0.25, 0.3) is 0 Å². The molecule has 6 nitrogen and oxygen atoms in total. The maximum absolute atomic E-state index is 12.0. The van der Waals surface area contributed by atoms with Gasteiger partial charge >= 0.3 is 5.97 Å². The van der Waals surface area contributed by atoms with Gasteiger partial charge < -0.3 is 10.4 Å². The number of nitrogens with one attached hydrogen (secondary N) is 1. The Morgan fingerprint density at radius 3 is 2.21 bits per heavy atom. The van der Waals surface area contributed by atoms with Gasteiger partial charge in [0.15, 0.2) is 9.84 Å². The largest absolute Gasteiger partial charge is 0.481 e. The maximum atomic E-state index is 12.0. The molecular weight excluding hydrogens is 270 g/mol. The molecule has 0 saturated heterocycles. The number of aliphatic carboxylic acids is 1. The van der Waals surface area contributed by atoms with Crippen LogP contribution in [0.2, 0.25) is 0 Å². The number of sulfone groups is 1. The Hall–Kier alpha value is -1.11. The van der Waals surface area contributed by atoms with Crippen molar-refractivity contribution in [3.63, 3.8) is 0 Å². The van der Waals surface area contributed by atoms with Crippen LogP contribution in [-0.4, -0.2) is 42.4 Å². The van der Waals surface area contributed by atoms with Crippen LogP contribution in [0.1, 0.15) is 45.4 Å². The van der Waals surface area contributed by atoms with Gasteiger partial charge in [-0.05, 0) is 19.8 Å². The zero-order chi connectivity index (χ0) is 14.7. The van der Waals surface area contributed by atoms with E-state index in [2.05, 4.69) is 5.32 Å². The molecule has 1 amide bonds. The summed E-state index contributed by atoms with van der Waals surface area (Å²) in [7, 11) is -3.47. The van der Waals surface area contributed by atoms with Crippen LogP contribution >= 0.6 is 0 Å². The molecule has 19 heavy (non-hydrogen) atoms. The third-order valence-electron chi connectivity index (χ3n) is 3.70. The summed E-state index contributed by atoms with van der Waals surface area (Å²) in [6.45, 7) is 1.32. The molecule has 0 aromatic heterocycles. The van der Waals surface area contributed by atoms with E-state index >= 15 is 0 Å². The van der Waals surface area contributed by atoms with Crippen molar-refractivity contribution in [1.29, 1.82) is 0 Å². The molecule has 0 aromatic carbocycles. The molecule has 1 rings (SSSR count). The van der Waals surface area contributed by atoms with Crippen LogP contribution in [0.4, 0.5) is 0 Å². The van der Waals surface area contributed by atoms with E-state index in [1.807, 2.05) is 0 Å². The number of amides is 1. The molecule has 0 heterocycles. The molecule has 1 aliphatic carbocycles. The van der Waals surface area contributed by atoms with E-state index in [4.69, 9.17) is 5.11 Å². The van der Waals surface area contributed by atoms with Gasteiger partial charge in [0.2, 0.25) is 5.91 Å². The highest BCUT2D eigenvalue weighted by Gasteiger charge is 2.38. The Kier molecular flexibility index (Phi) is 4.95. The highest BCUT2D eigenvalue weighted by molar-refractivity contribution is 7.92. The number of hydrogen-bond acceptors (Lipinski definition) is 4. The van der Waals surface area contributed by atoms with Crippen molar-refractivity contribution in [2.45, 2.75) is 56.2 Å². The van der Waals surface area contributed by atoms with Crippen molar-refractivity contribution in [2.24, 2.45) is 0 Å². The normalized spacial score (nSPS) is 20.5. The zero-order valence-corrected chi connectivity index (χ0v) is 12.1. The first-order valence-electron chi connectivity index (χ1n) is 6.39. The van der Waals surface area contributed by atoms with Gasteiger partial charge in [0.05, 0.1) is 12.0 Å². The summed E-state index contributed by atoms with van der Waals surface area (Å²) in [6, 6.07) is 0. The Morgan fingerprint density at radius 1 is 1.26 bits per heavy atom. The standard InChI is InChI=1S/C12H21NO5S/c1-9(19(2,17)18)11(16)13-12(8-10(14)15)6-4-3-5-7-12/h9H,3-8H2,1-2H3,(H,13,16)(H,14,15). The van der Waals surface area contributed by atoms with Crippen LogP contribution in [0, 0.1) is 0 Å². The van der Waals surface area contributed by atoms with Crippen LogP contribution in [0.15, 0.2) is 0 Å². The summed E-state index contributed by atoms with van der Waals surface area (Å²) in [5.74, 6) is -1.58. The predicted molar refractivity (Wildman–Crippen MR) is 70.5 cm³/mol. The van der Waals surface area contributed by atoms with Gasteiger partial charge in [-0.2, -0.15) is 0 Å². The SMILES string of the molecule is CC(C(=O)NC1(CC(=O)O)CCCCC1)S(C)(=O)=O. The molecular formula is C12H21NO5S. The number of carboxylic acids is 1. The third-order valence-corrected chi connectivity index (χ3v) is 5.20. The molecule has 1 unspecified atom stereocenters. The molecule has 1 atom stereocenters. The highest BCUT2D eigenvalue weighted by atomic mass is 32.2. The summed E-state index contributed by atoms with van der Waals surface area (Å²) in [5, 5.41) is 10.5. The molecule has 1 aliphatic rings. The second-order valence-corrected chi connectivity index (χ2v) is 7.74. The minimum absolute atomic E-state index is 0.158. The lowest BCUT2D eigenvalue weighted by Gasteiger charge is -2.37. The highest BCUT2D eigenvalue weighted by Crippen LogP contribution is 2.31. The Bertz CT molecular complexity index is 451. The quantitative estimate of drug-likeness (QED) is 0.777. The van der Waals surface area contributed by atoms with Crippen molar-refractivity contribution < 1.29 is 23.1 Å². The molecule has 1 saturated carbocycles. The summed E-state index contributed by atoms with van der Waals surface area (Å²) < 4.78 is 22.7. The van der Waals surface area contributed by atoms with Gasteiger partial charge in [0.25, 0.3) is 0 Å². The summed E-state index contributed by atoms with van der Waals surface area (Å²) in [6.07, 6.45) is 4.72. The number of carbonyl (C=O) groups excluding carboxylic acids is 1. The van der Waals surface area contributed by atoms with Crippen LogP contribution < -0.4 is 5.32 Å². The molecule has 0 spiro atoms. The Labute approximate surface area is 113 Å². The molecule has 0 aromatic rings. The number of carboxylic acid groups (broad SMARTS) is 1. The fourth-order valence-corrected chi connectivity index (χ4v) is 2.87. The topological polar surface area (TPSA) is 101 Å². The smallest absolute Gasteiger partial charge is 0.305 e. The van der Waals surface area contributed by atoms with E-state index < -0.39 is 32.5 Å². The summed E-state index contributed by atoms with van der Waals surface area (Å²) in [5.41, 5.74) is -0.792. The fourth-order valence-electron chi connectivity index (χ4n) is 2.42. The van der Waals surface area contributed by atoms with Crippen LogP contribution in [-0.2, 0) is 19.4 Å². The van der Waals surface area contributed by atoms with Crippen molar-refractivity contribution in [3.05, 3.63) is 0 Å². The summed E-state index contributed by atoms with van der Waals surface area (Å²) >= 11 is 0. The van der Waals surface area contributed by atoms with Gasteiger partial charge in [-0.1, -0.05) is 19.3 Å². The van der Waals surface area contributed by atoms with Gasteiger partial charge in [0, 0.05) is 6.26 Å². The minimum Gasteiger partial charge on any atom is -0.481 e. The molecule has 2 N–H and O–H groups in total. The average molecular weight is 291 g/mol. The lowest BCUT2D eigenvalue weighted by Crippen LogP contribution is -2.54. The second-order valence-electron chi connectivity index (χ2n) is 5.37. The van der Waals surface area contributed by atoms with Crippen molar-refractivity contribution in [3.8, 4) is 0 Å². The van der Waals surface area contributed by atoms with E-state index in [0.29, 0.717) is 12.8 Å². The average Bonchev–Trinajstić information content (AvgIpc) is 2.26. The molecule has 0 bridgehead atoms. The van der Waals surface area contributed by atoms with Crippen molar-refractivity contribution in [2.75, 3.05) is 6.26 Å². The lowest BCUT2D eigenvalue weighted by molar-refractivity contribution is -0.139. The van der Waals surface area contributed by atoms with Gasteiger partial charge in [-0.25, -0.2) is 8.42 Å². The molecule has 7 heteroatoms. The van der Waals surface area contributed by atoms with E-state index in [0.717, 1.165) is 25.5 Å². The first kappa shape index (κ1) is 15.9. The van der Waals surface area contributed by atoms with Crippen LogP contribution in [0.5, 0.6) is 0 Å². The third kappa shape index (κ3) is 4.49. The number of carbonyl (C=O) groups is 2. The lowest BCUT2D eigenvalue weighted by atomic mass is 9.79. The first-order valence-corrected chi connectivity index (χ1v) is 8.34. The van der Waals surface area contributed by atoms with Gasteiger partial charge in [0.1, 0.15) is 5.25 Å². The monoisotopic (exact) mass is 291 g/mol. The molecule has 0 aliphatic heterocycles. The first-order chi connectivity index (χ1) is 8.66. The van der Waals surface area contributed by atoms with E-state index in [1.165, 1.54) is 6.92 Å². The van der Waals surface area contributed by atoms with Crippen molar-refractivity contribution >= 4 is 21.7 Å².